The second kappa shape index (κ2) is 7.79. The molecule has 6 heteroatoms. The Labute approximate surface area is 147 Å². The molecule has 132 valence electrons. The number of esters is 1. The number of nitrogens with zero attached hydrogens (tertiary/aromatic N) is 2. The van der Waals surface area contributed by atoms with E-state index in [4.69, 9.17) is 4.74 Å². The fourth-order valence-corrected chi connectivity index (χ4v) is 2.60. The van der Waals surface area contributed by atoms with Crippen molar-refractivity contribution >= 4 is 17.8 Å². The molecular weight excluding hydrogens is 320 g/mol. The van der Waals surface area contributed by atoms with Crippen molar-refractivity contribution in [3.8, 4) is 5.75 Å². The molecule has 0 unspecified atom stereocenters. The molecule has 0 aliphatic rings. The first kappa shape index (κ1) is 18.4. The van der Waals surface area contributed by atoms with Gasteiger partial charge in [0.05, 0.1) is 18.4 Å². The lowest BCUT2D eigenvalue weighted by atomic mass is 10.0. The topological polar surface area (TPSA) is 70.4 Å². The van der Waals surface area contributed by atoms with E-state index in [-0.39, 0.29) is 12.4 Å². The van der Waals surface area contributed by atoms with Crippen LogP contribution in [0.3, 0.4) is 0 Å². The molecule has 2 aromatic rings. The third-order valence-corrected chi connectivity index (χ3v) is 3.75. The van der Waals surface area contributed by atoms with Crippen LogP contribution in [0.1, 0.15) is 32.7 Å². The van der Waals surface area contributed by atoms with Crippen molar-refractivity contribution in [2.75, 3.05) is 13.7 Å². The number of ketones is 1. The van der Waals surface area contributed by atoms with E-state index in [9.17, 15) is 9.59 Å². The molecule has 0 atom stereocenters. The summed E-state index contributed by atoms with van der Waals surface area (Å²) in [5.74, 6) is 0.129. The minimum Gasteiger partial charge on any atom is -0.481 e. The monoisotopic (exact) mass is 342 g/mol. The molecule has 2 rings (SSSR count). The van der Waals surface area contributed by atoms with E-state index >= 15 is 0 Å². The van der Waals surface area contributed by atoms with Crippen LogP contribution in [0.15, 0.2) is 24.4 Å². The predicted molar refractivity (Wildman–Crippen MR) is 94.7 cm³/mol. The smallest absolute Gasteiger partial charge is 0.343 e. The van der Waals surface area contributed by atoms with E-state index in [2.05, 4.69) is 9.84 Å². The quantitative estimate of drug-likeness (QED) is 0.459. The van der Waals surface area contributed by atoms with Gasteiger partial charge in [0.25, 0.3) is 0 Å². The Kier molecular flexibility index (Phi) is 5.75. The second-order valence-corrected chi connectivity index (χ2v) is 5.85. The highest BCUT2D eigenvalue weighted by atomic mass is 16.6. The van der Waals surface area contributed by atoms with E-state index in [1.165, 1.54) is 13.2 Å². The number of aromatic nitrogens is 2. The number of allylic oxidation sites excluding steroid dienone is 1. The van der Waals surface area contributed by atoms with Gasteiger partial charge in [-0.1, -0.05) is 6.08 Å². The van der Waals surface area contributed by atoms with Gasteiger partial charge in [-0.25, -0.2) is 4.79 Å². The molecule has 0 aliphatic carbocycles. The summed E-state index contributed by atoms with van der Waals surface area (Å²) in [5.41, 5.74) is 3.94. The Hall–Kier alpha value is -2.89. The number of benzene rings is 1. The van der Waals surface area contributed by atoms with E-state index in [0.717, 1.165) is 16.7 Å². The number of hydrogen-bond acceptors (Lipinski definition) is 5. The zero-order chi connectivity index (χ0) is 18.6. The Morgan fingerprint density at radius 3 is 2.36 bits per heavy atom. The van der Waals surface area contributed by atoms with Crippen molar-refractivity contribution in [2.24, 2.45) is 7.05 Å². The number of rotatable bonds is 6. The van der Waals surface area contributed by atoms with Crippen molar-refractivity contribution in [2.45, 2.75) is 20.8 Å². The summed E-state index contributed by atoms with van der Waals surface area (Å²) in [6.45, 7) is 5.46. The van der Waals surface area contributed by atoms with Crippen LogP contribution < -0.4 is 4.74 Å². The molecule has 1 heterocycles. The zero-order valence-electron chi connectivity index (χ0n) is 15.1. The van der Waals surface area contributed by atoms with Crippen LogP contribution in [0, 0.1) is 20.8 Å². The van der Waals surface area contributed by atoms with Gasteiger partial charge >= 0.3 is 5.97 Å². The number of hydrogen-bond donors (Lipinski definition) is 0. The van der Waals surface area contributed by atoms with Gasteiger partial charge in [-0.2, -0.15) is 5.10 Å². The summed E-state index contributed by atoms with van der Waals surface area (Å²) in [6, 6.07) is 3.80. The third-order valence-electron chi connectivity index (χ3n) is 3.75. The maximum atomic E-state index is 12.3. The highest BCUT2D eigenvalue weighted by Gasteiger charge is 2.11. The van der Waals surface area contributed by atoms with Gasteiger partial charge in [0.2, 0.25) is 0 Å². The van der Waals surface area contributed by atoms with Crippen LogP contribution in [0.2, 0.25) is 0 Å². The van der Waals surface area contributed by atoms with Gasteiger partial charge in [0, 0.05) is 13.2 Å². The summed E-state index contributed by atoms with van der Waals surface area (Å²) >= 11 is 0. The molecule has 1 aromatic heterocycles. The van der Waals surface area contributed by atoms with Crippen molar-refractivity contribution in [3.63, 3.8) is 0 Å². The number of methoxy groups -OCH3 is 1. The first-order valence-electron chi connectivity index (χ1n) is 7.85. The maximum Gasteiger partial charge on any atom is 0.343 e. The molecule has 0 spiro atoms. The van der Waals surface area contributed by atoms with Gasteiger partial charge in [0.1, 0.15) is 5.75 Å². The Morgan fingerprint density at radius 2 is 1.84 bits per heavy atom. The summed E-state index contributed by atoms with van der Waals surface area (Å²) in [5, 5.41) is 4.18. The molecular formula is C19H22N2O4. The molecule has 0 amide bonds. The summed E-state index contributed by atoms with van der Waals surface area (Å²) < 4.78 is 11.7. The number of carbonyl (C=O) groups excluding carboxylic acids is 2. The number of aryl methyl sites for hydroxylation is 4. The van der Waals surface area contributed by atoms with Crippen LogP contribution in [-0.2, 0) is 16.6 Å². The van der Waals surface area contributed by atoms with Crippen molar-refractivity contribution in [3.05, 3.63) is 52.4 Å². The first-order valence-corrected chi connectivity index (χ1v) is 7.85. The van der Waals surface area contributed by atoms with Crippen LogP contribution in [0.25, 0.3) is 6.08 Å². The molecule has 1 aromatic carbocycles. The molecule has 0 aliphatic heterocycles. The SMILES string of the molecule is COC(=O)COc1c(C)cc(C=CC(=O)c2cn(C)nc2C)cc1C. The van der Waals surface area contributed by atoms with Crippen molar-refractivity contribution in [1.29, 1.82) is 0 Å². The molecule has 6 nitrogen and oxygen atoms in total. The average Bonchev–Trinajstić information content (AvgIpc) is 2.90. The highest BCUT2D eigenvalue weighted by Crippen LogP contribution is 2.25. The number of carbonyl (C=O) groups is 2. The predicted octanol–water partition coefficient (Wildman–Crippen LogP) is 2.79. The van der Waals surface area contributed by atoms with Gasteiger partial charge in [0.15, 0.2) is 12.4 Å². The van der Waals surface area contributed by atoms with Gasteiger partial charge in [-0.3, -0.25) is 9.48 Å². The third kappa shape index (κ3) is 4.56. The van der Waals surface area contributed by atoms with Crippen LogP contribution in [0.5, 0.6) is 5.75 Å². The molecule has 0 N–H and O–H groups in total. The van der Waals surface area contributed by atoms with Gasteiger partial charge in [-0.15, -0.1) is 0 Å². The second-order valence-electron chi connectivity index (χ2n) is 5.85. The summed E-state index contributed by atoms with van der Waals surface area (Å²) in [6.07, 6.45) is 5.01. The van der Waals surface area contributed by atoms with E-state index in [1.807, 2.05) is 32.9 Å². The minimum atomic E-state index is -0.430. The van der Waals surface area contributed by atoms with Crippen molar-refractivity contribution < 1.29 is 19.1 Å². The normalized spacial score (nSPS) is 10.9. The Morgan fingerprint density at radius 1 is 1.20 bits per heavy atom. The Bertz CT molecular complexity index is 811. The van der Waals surface area contributed by atoms with E-state index in [1.54, 1.807) is 24.0 Å². The molecule has 25 heavy (non-hydrogen) atoms. The summed E-state index contributed by atoms with van der Waals surface area (Å²) in [7, 11) is 3.10. The summed E-state index contributed by atoms with van der Waals surface area (Å²) in [4.78, 5) is 23.5. The maximum absolute atomic E-state index is 12.3. The lowest BCUT2D eigenvalue weighted by Crippen LogP contribution is -2.13. The van der Waals surface area contributed by atoms with Crippen LogP contribution >= 0.6 is 0 Å². The minimum absolute atomic E-state index is 0.0908. The van der Waals surface area contributed by atoms with Crippen LogP contribution in [0.4, 0.5) is 0 Å². The Balaban J connectivity index is 2.16. The molecule has 0 fully saturated rings. The fraction of sp³-hybridized carbons (Fsp3) is 0.316. The lowest BCUT2D eigenvalue weighted by Gasteiger charge is -2.12. The van der Waals surface area contributed by atoms with Crippen LogP contribution in [-0.4, -0.2) is 35.2 Å². The lowest BCUT2D eigenvalue weighted by molar-refractivity contribution is -0.142. The van der Waals surface area contributed by atoms with E-state index < -0.39 is 5.97 Å². The largest absolute Gasteiger partial charge is 0.481 e. The average molecular weight is 342 g/mol. The van der Waals surface area contributed by atoms with Gasteiger partial charge < -0.3 is 9.47 Å². The molecule has 0 bridgehead atoms. The first-order chi connectivity index (χ1) is 11.8. The van der Waals surface area contributed by atoms with Crippen molar-refractivity contribution in [1.82, 2.24) is 9.78 Å². The van der Waals surface area contributed by atoms with Gasteiger partial charge in [-0.05, 0) is 55.7 Å². The standard InChI is InChI=1S/C19H22N2O4/c1-12-8-15(9-13(2)19(12)25-11-18(23)24-5)6-7-17(22)16-10-21(4)20-14(16)3/h6-10H,11H2,1-5H3. The number of ether oxygens (including phenoxy) is 2. The van der Waals surface area contributed by atoms with E-state index in [0.29, 0.717) is 17.0 Å². The fourth-order valence-electron chi connectivity index (χ4n) is 2.60. The zero-order valence-corrected chi connectivity index (χ0v) is 15.1. The highest BCUT2D eigenvalue weighted by molar-refractivity contribution is 6.07. The molecule has 0 radical (unpaired) electrons. The molecule has 0 saturated carbocycles. The molecule has 0 saturated heterocycles.